The molecular weight excluding hydrogens is 562 g/mol. The van der Waals surface area contributed by atoms with Gasteiger partial charge in [-0.2, -0.15) is 13.2 Å². The van der Waals surface area contributed by atoms with E-state index in [-0.39, 0.29) is 29.0 Å². The van der Waals surface area contributed by atoms with Gasteiger partial charge < -0.3 is 20.3 Å². The topological polar surface area (TPSA) is 60.1 Å². The van der Waals surface area contributed by atoms with E-state index in [4.69, 9.17) is 4.74 Å². The van der Waals surface area contributed by atoms with Crippen molar-refractivity contribution in [2.45, 2.75) is 38.7 Å². The maximum absolute atomic E-state index is 15.9. The number of amides is 1. The molecule has 230 valence electrons. The van der Waals surface area contributed by atoms with E-state index in [0.717, 1.165) is 30.9 Å². The molecule has 1 amide bonds. The molecule has 2 aromatic rings. The zero-order chi connectivity index (χ0) is 30.9. The minimum Gasteiger partial charge on any atom is -0.379 e. The maximum atomic E-state index is 15.9. The molecule has 0 unspecified atom stereocenters. The summed E-state index contributed by atoms with van der Waals surface area (Å²) >= 11 is 0. The second kappa shape index (κ2) is 12.5. The lowest BCUT2D eigenvalue weighted by atomic mass is 9.98. The van der Waals surface area contributed by atoms with Crippen LogP contribution in [0.15, 0.2) is 72.1 Å². The fraction of sp³-hybridized carbons (Fsp3) is 0.406. The minimum atomic E-state index is -4.77. The van der Waals surface area contributed by atoms with E-state index in [0.29, 0.717) is 44.1 Å². The molecule has 0 aromatic heterocycles. The van der Waals surface area contributed by atoms with Gasteiger partial charge in [0.25, 0.3) is 5.91 Å². The van der Waals surface area contributed by atoms with E-state index in [2.05, 4.69) is 40.9 Å². The number of rotatable bonds is 6. The van der Waals surface area contributed by atoms with Crippen LogP contribution in [0, 0.1) is 5.82 Å². The van der Waals surface area contributed by atoms with E-state index in [9.17, 15) is 18.0 Å². The first-order valence-corrected chi connectivity index (χ1v) is 14.4. The van der Waals surface area contributed by atoms with Gasteiger partial charge in [0.2, 0.25) is 0 Å². The molecule has 3 heterocycles. The lowest BCUT2D eigenvalue weighted by Crippen LogP contribution is -2.55. The number of carbonyl (C=O) groups is 1. The Labute approximate surface area is 249 Å². The van der Waals surface area contributed by atoms with E-state index in [1.807, 2.05) is 30.1 Å². The molecule has 11 heteroatoms. The van der Waals surface area contributed by atoms with Gasteiger partial charge in [-0.25, -0.2) is 4.39 Å². The summed E-state index contributed by atoms with van der Waals surface area (Å²) in [5.74, 6) is -1.44. The van der Waals surface area contributed by atoms with Crippen LogP contribution < -0.4 is 15.5 Å². The van der Waals surface area contributed by atoms with Crippen LogP contribution in [0.25, 0.3) is 11.1 Å². The van der Waals surface area contributed by atoms with Crippen molar-refractivity contribution in [1.29, 1.82) is 0 Å². The van der Waals surface area contributed by atoms with Crippen molar-refractivity contribution in [2.75, 3.05) is 56.7 Å². The summed E-state index contributed by atoms with van der Waals surface area (Å²) in [5, 5.41) is 5.29. The Morgan fingerprint density at radius 1 is 1.12 bits per heavy atom. The van der Waals surface area contributed by atoms with Gasteiger partial charge in [0.05, 0.1) is 35.7 Å². The number of benzene rings is 2. The van der Waals surface area contributed by atoms with Crippen molar-refractivity contribution in [1.82, 2.24) is 15.1 Å². The first kappa shape index (κ1) is 30.8. The second-order valence-corrected chi connectivity index (χ2v) is 11.4. The Kier molecular flexibility index (Phi) is 8.96. The molecular formula is C32H37F4N5O2. The van der Waals surface area contributed by atoms with Gasteiger partial charge in [-0.1, -0.05) is 24.8 Å². The predicted molar refractivity (Wildman–Crippen MR) is 160 cm³/mol. The van der Waals surface area contributed by atoms with Crippen molar-refractivity contribution in [2.24, 2.45) is 0 Å². The van der Waals surface area contributed by atoms with Crippen LogP contribution in [0.1, 0.15) is 19.4 Å². The van der Waals surface area contributed by atoms with Crippen LogP contribution in [-0.2, 0) is 16.1 Å². The van der Waals surface area contributed by atoms with E-state index in [1.165, 1.54) is 12.1 Å². The van der Waals surface area contributed by atoms with Gasteiger partial charge in [0, 0.05) is 62.3 Å². The lowest BCUT2D eigenvalue weighted by molar-refractivity contribution is -0.115. The Balaban J connectivity index is 1.52. The number of anilines is 2. The van der Waals surface area contributed by atoms with E-state index in [1.54, 1.807) is 6.07 Å². The largest absolute Gasteiger partial charge is 0.417 e. The van der Waals surface area contributed by atoms with Crippen molar-refractivity contribution in [3.05, 3.63) is 83.5 Å². The number of halogens is 4. The van der Waals surface area contributed by atoms with Gasteiger partial charge in [-0.05, 0) is 56.3 Å². The number of alkyl halides is 3. The number of ether oxygens (including phenoxy) is 1. The Bertz CT molecular complexity index is 1440. The van der Waals surface area contributed by atoms with E-state index < -0.39 is 29.0 Å². The highest BCUT2D eigenvalue weighted by Gasteiger charge is 2.40. The normalized spacial score (nSPS) is 22.1. The summed E-state index contributed by atoms with van der Waals surface area (Å²) in [7, 11) is 2.02. The van der Waals surface area contributed by atoms with Gasteiger partial charge in [0.1, 0.15) is 5.82 Å². The molecule has 2 saturated heterocycles. The quantitative estimate of drug-likeness (QED) is 0.441. The maximum Gasteiger partial charge on any atom is 0.417 e. The zero-order valence-corrected chi connectivity index (χ0v) is 24.6. The third-order valence-corrected chi connectivity index (χ3v) is 8.34. The highest BCUT2D eigenvalue weighted by molar-refractivity contribution is 6.09. The fourth-order valence-electron chi connectivity index (χ4n) is 5.75. The third kappa shape index (κ3) is 6.95. The molecule has 2 atom stereocenters. The number of piperazine rings is 1. The van der Waals surface area contributed by atoms with E-state index >= 15 is 4.39 Å². The molecule has 43 heavy (non-hydrogen) atoms. The smallest absolute Gasteiger partial charge is 0.379 e. The fourth-order valence-corrected chi connectivity index (χ4v) is 5.75. The molecule has 2 N–H and O–H groups in total. The first-order chi connectivity index (χ1) is 20.4. The van der Waals surface area contributed by atoms with Crippen LogP contribution in [0.4, 0.5) is 28.9 Å². The van der Waals surface area contributed by atoms with Crippen LogP contribution >= 0.6 is 0 Å². The molecule has 3 aliphatic rings. The van der Waals surface area contributed by atoms with Crippen molar-refractivity contribution in [3.8, 4) is 11.1 Å². The molecule has 3 aliphatic heterocycles. The van der Waals surface area contributed by atoms with Crippen LogP contribution in [0.2, 0.25) is 0 Å². The molecule has 0 saturated carbocycles. The average Bonchev–Trinajstić information content (AvgIpc) is 2.96. The Morgan fingerprint density at radius 3 is 2.49 bits per heavy atom. The first-order valence-electron chi connectivity index (χ1n) is 14.4. The van der Waals surface area contributed by atoms with Gasteiger partial charge in [-0.15, -0.1) is 0 Å². The highest BCUT2D eigenvalue weighted by Crippen LogP contribution is 2.38. The average molecular weight is 600 g/mol. The van der Waals surface area contributed by atoms with Crippen molar-refractivity contribution < 1.29 is 27.1 Å². The number of carbonyl (C=O) groups excluding carboxylic acids is 1. The molecule has 5 rings (SSSR count). The predicted octanol–water partition coefficient (Wildman–Crippen LogP) is 5.28. The highest BCUT2D eigenvalue weighted by atomic mass is 19.4. The number of morpholine rings is 1. The number of hydrogen-bond acceptors (Lipinski definition) is 6. The number of nitrogens with one attached hydrogen (secondary N) is 2. The number of nitrogens with zero attached hydrogens (tertiary/aromatic N) is 3. The second-order valence-electron chi connectivity index (χ2n) is 11.4. The Morgan fingerprint density at radius 2 is 1.81 bits per heavy atom. The van der Waals surface area contributed by atoms with Gasteiger partial charge in [0.15, 0.2) is 0 Å². The van der Waals surface area contributed by atoms with Crippen molar-refractivity contribution >= 4 is 17.3 Å². The molecule has 0 radical (unpaired) electrons. The van der Waals surface area contributed by atoms with Crippen LogP contribution in [-0.4, -0.2) is 80.4 Å². The number of hydrogen-bond donors (Lipinski definition) is 2. The van der Waals surface area contributed by atoms with Crippen molar-refractivity contribution in [3.63, 3.8) is 0 Å². The lowest BCUT2D eigenvalue weighted by Gasteiger charge is -2.44. The molecule has 7 nitrogen and oxygen atoms in total. The monoisotopic (exact) mass is 599 g/mol. The SMILES string of the molecule is C=C1C=C(C(F)(F)F)C(C(=O)Nc2cc(-c3cccc(CN4CCOCC4)c3)c(F)cc2N2C[C@@H](C)N(C)[C@@H](C)C2)=CN1. The summed E-state index contributed by atoms with van der Waals surface area (Å²) in [4.78, 5) is 19.9. The van der Waals surface area contributed by atoms with Crippen LogP contribution in [0.5, 0.6) is 0 Å². The number of allylic oxidation sites excluding steroid dienone is 1. The molecule has 0 aliphatic carbocycles. The summed E-state index contributed by atoms with van der Waals surface area (Å²) in [6.07, 6.45) is -2.97. The molecule has 0 bridgehead atoms. The summed E-state index contributed by atoms with van der Waals surface area (Å²) in [6, 6.07) is 10.7. The molecule has 2 aromatic carbocycles. The third-order valence-electron chi connectivity index (χ3n) is 8.34. The molecule has 0 spiro atoms. The number of likely N-dealkylation sites (N-methyl/N-ethyl adjacent to an activating group) is 1. The Hall–Kier alpha value is -3.67. The van der Waals surface area contributed by atoms with Gasteiger partial charge >= 0.3 is 6.18 Å². The standard InChI is InChI=1S/C32H37F4N5O2/c1-20-12-27(32(34,35)36)26(16-37-20)31(42)38-29-14-25(24-7-5-6-23(13-24)19-40-8-10-43-11-9-40)28(33)15-30(29)41-17-21(2)39(4)22(3)18-41/h5-7,12-16,21-22,37H,1,8-11,17-19H2,2-4H3,(H,38,42)/t21-,22+. The summed E-state index contributed by atoms with van der Waals surface area (Å²) in [6.45, 7) is 12.3. The van der Waals surface area contributed by atoms with Crippen LogP contribution in [0.3, 0.4) is 0 Å². The zero-order valence-electron chi connectivity index (χ0n) is 24.6. The minimum absolute atomic E-state index is 0.0194. The van der Waals surface area contributed by atoms with Gasteiger partial charge in [-0.3, -0.25) is 14.6 Å². The summed E-state index contributed by atoms with van der Waals surface area (Å²) < 4.78 is 63.0. The summed E-state index contributed by atoms with van der Waals surface area (Å²) in [5.41, 5.74) is 0.831. The molecule has 2 fully saturated rings. The number of dihydropyridines is 1.